The van der Waals surface area contributed by atoms with Crippen LogP contribution < -0.4 is 17.0 Å². The fraction of sp³-hybridized carbons (Fsp3) is 0. The molecule has 0 fully saturated rings. The smallest absolute Gasteiger partial charge is 0.182 e. The van der Waals surface area contributed by atoms with Gasteiger partial charge in [-0.3, -0.25) is 0 Å². The molecule has 0 saturated heterocycles. The van der Waals surface area contributed by atoms with E-state index in [9.17, 15) is 4.21 Å². The van der Waals surface area contributed by atoms with Crippen LogP contribution in [0.4, 0.5) is 0 Å². The van der Waals surface area contributed by atoms with Crippen LogP contribution in [0.15, 0.2) is 106 Å². The first-order chi connectivity index (χ1) is 9.82. The maximum Gasteiger partial charge on any atom is 0.182 e. The van der Waals surface area contributed by atoms with E-state index in [0.29, 0.717) is 0 Å². The lowest BCUT2D eigenvalue weighted by atomic mass is 10.4. The van der Waals surface area contributed by atoms with Crippen molar-refractivity contribution in [3.8, 4) is 0 Å². The van der Waals surface area contributed by atoms with Crippen molar-refractivity contribution >= 4 is 9.93 Å². The molecule has 21 heavy (non-hydrogen) atoms. The average Bonchev–Trinajstić information content (AvgIpc) is 2.56. The number of benzene rings is 3. The Hall–Kier alpha value is -1.71. The number of hydrogen-bond acceptors (Lipinski definition) is 1. The minimum atomic E-state index is -2.43. The third kappa shape index (κ3) is 2.99. The molecule has 0 bridgehead atoms. The molecule has 0 aliphatic rings. The zero-order valence-corrected chi connectivity index (χ0v) is 13.8. The van der Waals surface area contributed by atoms with Gasteiger partial charge in [0.25, 0.3) is 0 Å². The largest absolute Gasteiger partial charge is 1.00 e. The first kappa shape index (κ1) is 15.7. The van der Waals surface area contributed by atoms with Gasteiger partial charge in [0, 0.05) is 0 Å². The molecule has 1 nitrogen and oxygen atoms in total. The van der Waals surface area contributed by atoms with Gasteiger partial charge < -0.3 is 17.0 Å². The Labute approximate surface area is 136 Å². The third-order valence-corrected chi connectivity index (χ3v) is 6.03. The number of halogens is 1. The van der Waals surface area contributed by atoms with Crippen LogP contribution in [0.3, 0.4) is 0 Å². The fourth-order valence-corrected chi connectivity index (χ4v) is 4.68. The third-order valence-electron chi connectivity index (χ3n) is 3.23. The molecule has 0 saturated carbocycles. The van der Waals surface area contributed by atoms with E-state index in [1.807, 2.05) is 91.0 Å². The van der Waals surface area contributed by atoms with E-state index >= 15 is 0 Å². The normalized spacial score (nSPS) is 10.7. The molecule has 0 aromatic heterocycles. The Morgan fingerprint density at radius 1 is 0.476 bits per heavy atom. The minimum absolute atomic E-state index is 0. The molecule has 3 heteroatoms. The predicted octanol–water partition coefficient (Wildman–Crippen LogP) is 1.67. The Morgan fingerprint density at radius 3 is 0.952 bits per heavy atom. The molecule has 3 aromatic rings. The molecule has 0 spiro atoms. The maximum atomic E-state index is 13.8. The van der Waals surface area contributed by atoms with Crippen molar-refractivity contribution in [2.45, 2.75) is 14.7 Å². The van der Waals surface area contributed by atoms with E-state index in [1.165, 1.54) is 0 Å². The highest BCUT2D eigenvalue weighted by molar-refractivity contribution is 8.03. The molecule has 0 amide bonds. The molecule has 3 rings (SSSR count). The van der Waals surface area contributed by atoms with Crippen molar-refractivity contribution in [2.75, 3.05) is 0 Å². The highest BCUT2D eigenvalue weighted by Crippen LogP contribution is 2.35. The van der Waals surface area contributed by atoms with Crippen LogP contribution in [0.5, 0.6) is 0 Å². The molecule has 0 atom stereocenters. The first-order valence-electron chi connectivity index (χ1n) is 6.51. The summed E-state index contributed by atoms with van der Waals surface area (Å²) in [6, 6.07) is 29.0. The molecule has 0 aliphatic heterocycles. The van der Waals surface area contributed by atoms with E-state index < -0.39 is 9.93 Å². The van der Waals surface area contributed by atoms with Crippen LogP contribution in [-0.4, -0.2) is 0 Å². The van der Waals surface area contributed by atoms with Crippen molar-refractivity contribution in [3.63, 3.8) is 0 Å². The second-order valence-corrected chi connectivity index (χ2v) is 7.02. The molecule has 0 radical (unpaired) electrons. The molecule has 3 aromatic carbocycles. The van der Waals surface area contributed by atoms with Crippen LogP contribution in [0.25, 0.3) is 0 Å². The van der Waals surface area contributed by atoms with Crippen molar-refractivity contribution in [3.05, 3.63) is 91.0 Å². The Morgan fingerprint density at radius 2 is 0.714 bits per heavy atom. The van der Waals surface area contributed by atoms with Crippen LogP contribution >= 0.6 is 0 Å². The molecule has 0 heterocycles. The average molecular weight is 359 g/mol. The van der Waals surface area contributed by atoms with Gasteiger partial charge in [0.15, 0.2) is 24.6 Å². The van der Waals surface area contributed by atoms with E-state index in [4.69, 9.17) is 0 Å². The Bertz CT molecular complexity index is 624. The summed E-state index contributed by atoms with van der Waals surface area (Å²) >= 11 is 0. The standard InChI is InChI=1S/C18H15OS.BrH/c19-20(16-10-4-1-5-11-16,17-12-6-2-7-13-17)18-14-8-3-9-15-18;/h1-15H;1H/q+1;/p-1. The number of rotatable bonds is 3. The predicted molar refractivity (Wildman–Crippen MR) is 82.2 cm³/mol. The van der Waals surface area contributed by atoms with Crippen LogP contribution in [-0.2, 0) is 14.1 Å². The lowest BCUT2D eigenvalue weighted by Gasteiger charge is -2.11. The Kier molecular flexibility index (Phi) is 5.10. The highest BCUT2D eigenvalue weighted by atomic mass is 79.9. The van der Waals surface area contributed by atoms with E-state index in [1.54, 1.807) is 0 Å². The van der Waals surface area contributed by atoms with Gasteiger partial charge >= 0.3 is 0 Å². The quantitative estimate of drug-likeness (QED) is 0.651. The zero-order chi connectivity index (χ0) is 13.8. The summed E-state index contributed by atoms with van der Waals surface area (Å²) in [6.07, 6.45) is 0. The summed E-state index contributed by atoms with van der Waals surface area (Å²) in [4.78, 5) is 2.53. The molecule has 0 unspecified atom stereocenters. The lowest BCUT2D eigenvalue weighted by molar-refractivity contribution is -0.00000528. The summed E-state index contributed by atoms with van der Waals surface area (Å²) < 4.78 is 13.8. The Balaban J connectivity index is 0.00000161. The minimum Gasteiger partial charge on any atom is -1.00 e. The first-order valence-corrected chi connectivity index (χ1v) is 8.07. The van der Waals surface area contributed by atoms with Crippen molar-refractivity contribution < 1.29 is 21.2 Å². The molecular weight excluding hydrogens is 344 g/mol. The van der Waals surface area contributed by atoms with Crippen molar-refractivity contribution in [1.82, 2.24) is 0 Å². The topological polar surface area (TPSA) is 17.1 Å². The summed E-state index contributed by atoms with van der Waals surface area (Å²) in [6.45, 7) is 0. The highest BCUT2D eigenvalue weighted by Gasteiger charge is 2.36. The van der Waals surface area contributed by atoms with Gasteiger partial charge in [-0.25, -0.2) is 0 Å². The summed E-state index contributed by atoms with van der Waals surface area (Å²) in [5.74, 6) is 0. The van der Waals surface area contributed by atoms with Crippen LogP contribution in [0.1, 0.15) is 0 Å². The molecule has 106 valence electrons. The lowest BCUT2D eigenvalue weighted by Crippen LogP contribution is -3.00. The molecule has 0 N–H and O–H groups in total. The van der Waals surface area contributed by atoms with E-state index in [-0.39, 0.29) is 17.0 Å². The summed E-state index contributed by atoms with van der Waals surface area (Å²) in [5, 5.41) is 0. The van der Waals surface area contributed by atoms with Gasteiger partial charge in [-0.2, -0.15) is 0 Å². The van der Waals surface area contributed by atoms with Gasteiger partial charge in [-0.05, 0) is 36.4 Å². The van der Waals surface area contributed by atoms with Crippen molar-refractivity contribution in [2.24, 2.45) is 0 Å². The second kappa shape index (κ2) is 6.83. The monoisotopic (exact) mass is 358 g/mol. The van der Waals surface area contributed by atoms with Gasteiger partial charge in [-0.1, -0.05) is 58.8 Å². The zero-order valence-electron chi connectivity index (χ0n) is 11.4. The van der Waals surface area contributed by atoms with Gasteiger partial charge in [-0.15, -0.1) is 0 Å². The summed E-state index contributed by atoms with van der Waals surface area (Å²) in [5.41, 5.74) is 0. The number of hydrogen-bond donors (Lipinski definition) is 0. The molecule has 0 aliphatic carbocycles. The fourth-order valence-electron chi connectivity index (χ4n) is 2.24. The van der Waals surface area contributed by atoms with E-state index in [2.05, 4.69) is 0 Å². The maximum absolute atomic E-state index is 13.8. The van der Waals surface area contributed by atoms with Gasteiger partial charge in [0.2, 0.25) is 0 Å². The van der Waals surface area contributed by atoms with Crippen LogP contribution in [0.2, 0.25) is 0 Å². The van der Waals surface area contributed by atoms with Gasteiger partial charge in [0.05, 0.1) is 0 Å². The van der Waals surface area contributed by atoms with E-state index in [0.717, 1.165) is 14.7 Å². The van der Waals surface area contributed by atoms with Crippen molar-refractivity contribution in [1.29, 1.82) is 0 Å². The molecular formula is C18H15BrOS. The SMILES string of the molecule is O=[S+](c1ccccc1)(c1ccccc1)c1ccccc1.[Br-]. The van der Waals surface area contributed by atoms with Gasteiger partial charge in [0.1, 0.15) is 0 Å². The second-order valence-electron chi connectivity index (χ2n) is 4.50. The summed E-state index contributed by atoms with van der Waals surface area (Å²) in [7, 11) is -2.43. The van der Waals surface area contributed by atoms with Crippen LogP contribution in [0, 0.1) is 0 Å².